The van der Waals surface area contributed by atoms with Crippen LogP contribution in [-0.2, 0) is 5.41 Å². The van der Waals surface area contributed by atoms with Gasteiger partial charge in [0.25, 0.3) is 0 Å². The third kappa shape index (κ3) is 2.33. The van der Waals surface area contributed by atoms with Crippen LogP contribution < -0.4 is 4.74 Å². The molecule has 0 aromatic heterocycles. The van der Waals surface area contributed by atoms with Crippen LogP contribution in [0, 0.1) is 11.3 Å². The number of ether oxygens (including phenoxy) is 1. The number of hydrogen-bond donors (Lipinski definition) is 1. The summed E-state index contributed by atoms with van der Waals surface area (Å²) in [5, 5.41) is 20.6. The van der Waals surface area contributed by atoms with Crippen molar-refractivity contribution in [3.05, 3.63) is 29.8 Å². The summed E-state index contributed by atoms with van der Waals surface area (Å²) in [6.45, 7) is 1.85. The molecule has 0 spiro atoms. The monoisotopic (exact) mass is 259 g/mol. The zero-order valence-corrected chi connectivity index (χ0v) is 11.6. The lowest BCUT2D eigenvalue weighted by atomic mass is 9.63. The Morgan fingerprint density at radius 1 is 1.21 bits per heavy atom. The van der Waals surface area contributed by atoms with Gasteiger partial charge in [-0.15, -0.1) is 0 Å². The highest BCUT2D eigenvalue weighted by Crippen LogP contribution is 2.44. The van der Waals surface area contributed by atoms with Gasteiger partial charge in [0.05, 0.1) is 18.8 Å². The Morgan fingerprint density at radius 3 is 2.26 bits per heavy atom. The van der Waals surface area contributed by atoms with Crippen molar-refractivity contribution >= 4 is 0 Å². The molecule has 0 heterocycles. The standard InChI is InChI=1S/C16H21NO2/c1-15(12-17,16(18)10-4-3-5-11-16)13-6-8-14(19-2)9-7-13/h6-9,18H,3-5,10-11H2,1-2H3. The molecule has 3 heteroatoms. The zero-order valence-electron chi connectivity index (χ0n) is 11.6. The molecule has 0 aliphatic heterocycles. The maximum Gasteiger partial charge on any atom is 0.118 e. The molecule has 19 heavy (non-hydrogen) atoms. The molecule has 3 nitrogen and oxygen atoms in total. The van der Waals surface area contributed by atoms with Crippen molar-refractivity contribution in [3.8, 4) is 11.8 Å². The van der Waals surface area contributed by atoms with Crippen LogP contribution in [-0.4, -0.2) is 17.8 Å². The predicted octanol–water partition coefficient (Wildman–Crippen LogP) is 3.17. The second kappa shape index (κ2) is 5.22. The maximum absolute atomic E-state index is 10.9. The van der Waals surface area contributed by atoms with Crippen LogP contribution in [0.1, 0.15) is 44.6 Å². The first-order chi connectivity index (χ1) is 9.05. The van der Waals surface area contributed by atoms with Gasteiger partial charge in [-0.1, -0.05) is 31.4 Å². The normalized spacial score (nSPS) is 21.2. The van der Waals surface area contributed by atoms with Crippen molar-refractivity contribution in [3.63, 3.8) is 0 Å². The summed E-state index contributed by atoms with van der Waals surface area (Å²) in [5.41, 5.74) is -0.922. The molecule has 1 aromatic carbocycles. The molecule has 0 radical (unpaired) electrons. The first-order valence-corrected chi connectivity index (χ1v) is 6.84. The van der Waals surface area contributed by atoms with Gasteiger partial charge >= 0.3 is 0 Å². The highest BCUT2D eigenvalue weighted by atomic mass is 16.5. The van der Waals surface area contributed by atoms with E-state index in [1.807, 2.05) is 31.2 Å². The summed E-state index contributed by atoms with van der Waals surface area (Å²) in [6, 6.07) is 9.81. The van der Waals surface area contributed by atoms with Crippen molar-refractivity contribution in [2.45, 2.75) is 50.0 Å². The minimum atomic E-state index is -0.922. The topological polar surface area (TPSA) is 53.2 Å². The maximum atomic E-state index is 10.9. The molecule has 2 rings (SSSR count). The largest absolute Gasteiger partial charge is 0.497 e. The predicted molar refractivity (Wildman–Crippen MR) is 74.0 cm³/mol. The molecular weight excluding hydrogens is 238 g/mol. The van der Waals surface area contributed by atoms with Gasteiger partial charge < -0.3 is 9.84 Å². The molecule has 1 fully saturated rings. The molecular formula is C16H21NO2. The Kier molecular flexibility index (Phi) is 3.82. The zero-order chi connectivity index (χ0) is 13.9. The van der Waals surface area contributed by atoms with E-state index in [9.17, 15) is 10.4 Å². The molecule has 102 valence electrons. The molecule has 1 saturated carbocycles. The lowest BCUT2D eigenvalue weighted by molar-refractivity contribution is -0.0419. The number of methoxy groups -OCH3 is 1. The Balaban J connectivity index is 2.38. The van der Waals surface area contributed by atoms with E-state index in [2.05, 4.69) is 6.07 Å². The molecule has 0 amide bonds. The van der Waals surface area contributed by atoms with Gasteiger partial charge in [-0.25, -0.2) is 0 Å². The molecule has 1 aromatic rings. The van der Waals surface area contributed by atoms with Crippen LogP contribution in [0.25, 0.3) is 0 Å². The van der Waals surface area contributed by atoms with Gasteiger partial charge in [-0.3, -0.25) is 0 Å². The van der Waals surface area contributed by atoms with Crippen LogP contribution in [0.5, 0.6) is 5.75 Å². The molecule has 0 saturated heterocycles. The second-order valence-electron chi connectivity index (χ2n) is 5.56. The van der Waals surface area contributed by atoms with E-state index in [4.69, 9.17) is 4.74 Å². The van der Waals surface area contributed by atoms with Crippen molar-refractivity contribution in [1.82, 2.24) is 0 Å². The molecule has 1 atom stereocenters. The van der Waals surface area contributed by atoms with Gasteiger partial charge in [0.2, 0.25) is 0 Å². The van der Waals surface area contributed by atoms with Gasteiger partial charge in [0.15, 0.2) is 0 Å². The van der Waals surface area contributed by atoms with Crippen LogP contribution in [0.15, 0.2) is 24.3 Å². The average molecular weight is 259 g/mol. The lowest BCUT2D eigenvalue weighted by Crippen LogP contribution is -2.50. The first-order valence-electron chi connectivity index (χ1n) is 6.84. The number of nitriles is 1. The van der Waals surface area contributed by atoms with Crippen molar-refractivity contribution in [2.24, 2.45) is 0 Å². The van der Waals surface area contributed by atoms with E-state index in [0.717, 1.165) is 30.6 Å². The van der Waals surface area contributed by atoms with Gasteiger partial charge in [0.1, 0.15) is 11.2 Å². The average Bonchev–Trinajstić information content (AvgIpc) is 2.47. The van der Waals surface area contributed by atoms with Gasteiger partial charge in [-0.05, 0) is 37.5 Å². The van der Waals surface area contributed by atoms with Crippen molar-refractivity contribution < 1.29 is 9.84 Å². The Hall–Kier alpha value is -1.53. The Labute approximate surface area is 114 Å². The lowest BCUT2D eigenvalue weighted by Gasteiger charge is -2.43. The summed E-state index contributed by atoms with van der Waals surface area (Å²) in [6.07, 6.45) is 4.52. The van der Waals surface area contributed by atoms with E-state index in [1.165, 1.54) is 0 Å². The van der Waals surface area contributed by atoms with Gasteiger partial charge in [0, 0.05) is 0 Å². The quantitative estimate of drug-likeness (QED) is 0.907. The SMILES string of the molecule is COc1ccc(C(C)(C#N)C2(O)CCCCC2)cc1. The van der Waals surface area contributed by atoms with Gasteiger partial charge in [-0.2, -0.15) is 5.26 Å². The number of nitrogens with zero attached hydrogens (tertiary/aromatic N) is 1. The molecule has 0 bridgehead atoms. The number of benzene rings is 1. The summed E-state index contributed by atoms with van der Waals surface area (Å²) in [5.74, 6) is 0.764. The summed E-state index contributed by atoms with van der Waals surface area (Å²) in [7, 11) is 1.62. The second-order valence-corrected chi connectivity index (χ2v) is 5.56. The summed E-state index contributed by atoms with van der Waals surface area (Å²) >= 11 is 0. The minimum Gasteiger partial charge on any atom is -0.497 e. The van der Waals surface area contributed by atoms with Crippen LogP contribution in [0.2, 0.25) is 0 Å². The van der Waals surface area contributed by atoms with Crippen LogP contribution in [0.4, 0.5) is 0 Å². The van der Waals surface area contributed by atoms with Crippen molar-refractivity contribution in [2.75, 3.05) is 7.11 Å². The highest BCUT2D eigenvalue weighted by molar-refractivity contribution is 5.39. The van der Waals surface area contributed by atoms with E-state index in [0.29, 0.717) is 12.8 Å². The van der Waals surface area contributed by atoms with E-state index < -0.39 is 11.0 Å². The third-order valence-electron chi connectivity index (χ3n) is 4.50. The molecule has 1 aliphatic carbocycles. The molecule has 1 aliphatic rings. The first kappa shape index (κ1) is 13.9. The Bertz CT molecular complexity index is 469. The summed E-state index contributed by atoms with van der Waals surface area (Å²) < 4.78 is 5.14. The fourth-order valence-corrected chi connectivity index (χ4v) is 3.00. The van der Waals surface area contributed by atoms with E-state index >= 15 is 0 Å². The fraction of sp³-hybridized carbons (Fsp3) is 0.562. The van der Waals surface area contributed by atoms with Crippen molar-refractivity contribution in [1.29, 1.82) is 5.26 Å². The highest BCUT2D eigenvalue weighted by Gasteiger charge is 2.48. The fourth-order valence-electron chi connectivity index (χ4n) is 3.00. The van der Waals surface area contributed by atoms with Crippen LogP contribution >= 0.6 is 0 Å². The Morgan fingerprint density at radius 2 is 1.79 bits per heavy atom. The number of aliphatic hydroxyl groups is 1. The summed E-state index contributed by atoms with van der Waals surface area (Å²) in [4.78, 5) is 0. The third-order valence-corrected chi connectivity index (χ3v) is 4.50. The number of hydrogen-bond acceptors (Lipinski definition) is 3. The van der Waals surface area contributed by atoms with E-state index in [-0.39, 0.29) is 0 Å². The smallest absolute Gasteiger partial charge is 0.118 e. The van der Waals surface area contributed by atoms with Crippen LogP contribution in [0.3, 0.4) is 0 Å². The minimum absolute atomic E-state index is 0.698. The molecule has 1 unspecified atom stereocenters. The number of rotatable bonds is 3. The van der Waals surface area contributed by atoms with E-state index in [1.54, 1.807) is 7.11 Å². The molecule has 1 N–H and O–H groups in total.